The van der Waals surface area contributed by atoms with E-state index in [-0.39, 0.29) is 42.2 Å². The van der Waals surface area contributed by atoms with Crippen LogP contribution >= 0.6 is 0 Å². The van der Waals surface area contributed by atoms with Crippen molar-refractivity contribution in [1.29, 1.82) is 0 Å². The van der Waals surface area contributed by atoms with Gasteiger partial charge < -0.3 is 24.0 Å². The molecule has 2 aromatic carbocycles. The van der Waals surface area contributed by atoms with Gasteiger partial charge in [-0.15, -0.1) is 0 Å². The molecule has 0 radical (unpaired) electrons. The van der Waals surface area contributed by atoms with E-state index in [9.17, 15) is 24.0 Å². The van der Waals surface area contributed by atoms with Gasteiger partial charge in [-0.05, 0) is 62.2 Å². The second-order valence-corrected chi connectivity index (χ2v) is 9.12. The third-order valence-corrected chi connectivity index (χ3v) is 6.58. The number of imide groups is 1. The van der Waals surface area contributed by atoms with E-state index >= 15 is 0 Å². The van der Waals surface area contributed by atoms with Crippen molar-refractivity contribution >= 4 is 29.8 Å². The third-order valence-electron chi connectivity index (χ3n) is 6.58. The van der Waals surface area contributed by atoms with Crippen molar-refractivity contribution in [2.45, 2.75) is 19.8 Å². The summed E-state index contributed by atoms with van der Waals surface area (Å²) in [6.07, 6.45) is 0.298. The summed E-state index contributed by atoms with van der Waals surface area (Å²) < 4.78 is 14.8. The maximum absolute atomic E-state index is 13.3. The zero-order valence-electron chi connectivity index (χ0n) is 22.0. The monoisotopic (exact) mass is 537 g/mol. The van der Waals surface area contributed by atoms with Crippen LogP contribution in [0.3, 0.4) is 0 Å². The Kier molecular flexibility index (Phi) is 8.92. The Balaban J connectivity index is 1.37. The number of carbonyl (C=O) groups is 5. The van der Waals surface area contributed by atoms with Crippen LogP contribution in [0.15, 0.2) is 42.5 Å². The van der Waals surface area contributed by atoms with E-state index in [4.69, 9.17) is 14.2 Å². The van der Waals surface area contributed by atoms with E-state index in [1.165, 1.54) is 29.2 Å². The summed E-state index contributed by atoms with van der Waals surface area (Å²) in [7, 11) is 1.56. The van der Waals surface area contributed by atoms with Gasteiger partial charge in [-0.2, -0.15) is 0 Å². The molecule has 39 heavy (non-hydrogen) atoms. The molecule has 0 aliphatic carbocycles. The zero-order chi connectivity index (χ0) is 27.9. The second-order valence-electron chi connectivity index (χ2n) is 9.12. The molecule has 2 aliphatic heterocycles. The minimum Gasteiger partial charge on any atom is -0.434 e. The van der Waals surface area contributed by atoms with Crippen molar-refractivity contribution in [2.24, 2.45) is 0 Å². The molecule has 2 aliphatic rings. The maximum Gasteiger partial charge on any atom is 0.513 e. The topological polar surface area (TPSA) is 123 Å². The Hall–Kier alpha value is -4.25. The molecule has 4 amide bonds. The first-order valence-electron chi connectivity index (χ1n) is 12.9. The van der Waals surface area contributed by atoms with E-state index in [1.807, 2.05) is 0 Å². The first-order valence-corrected chi connectivity index (χ1v) is 12.9. The maximum atomic E-state index is 13.3. The van der Waals surface area contributed by atoms with E-state index in [0.717, 1.165) is 0 Å². The molecule has 0 saturated carbocycles. The van der Waals surface area contributed by atoms with E-state index in [2.05, 4.69) is 0 Å². The fourth-order valence-electron chi connectivity index (χ4n) is 4.59. The first kappa shape index (κ1) is 27.8. The van der Waals surface area contributed by atoms with E-state index in [0.29, 0.717) is 62.3 Å². The number of amides is 4. The summed E-state index contributed by atoms with van der Waals surface area (Å²) in [6, 6.07) is 10.8. The van der Waals surface area contributed by atoms with Crippen molar-refractivity contribution in [1.82, 2.24) is 14.7 Å². The lowest BCUT2D eigenvalue weighted by Crippen LogP contribution is -2.37. The highest BCUT2D eigenvalue weighted by atomic mass is 16.7. The minimum atomic E-state index is -0.812. The van der Waals surface area contributed by atoms with Gasteiger partial charge in [0, 0.05) is 57.6 Å². The number of hydrogen-bond donors (Lipinski definition) is 0. The molecule has 1 saturated heterocycles. The molecular formula is C28H31N3O8. The average Bonchev–Trinajstić information content (AvgIpc) is 3.09. The highest BCUT2D eigenvalue weighted by Gasteiger charge is 2.36. The quantitative estimate of drug-likeness (QED) is 0.218. The third kappa shape index (κ3) is 6.26. The summed E-state index contributed by atoms with van der Waals surface area (Å²) in [5.41, 5.74) is 1.28. The standard InChI is InChI=1S/C28H31N3O8/c1-3-38-28(36)39-21-9-6-19(7-10-21)24(32)29-12-4-13-30(16-15-29)25(33)20-8-11-22-23(18-20)27(35)31(26(22)34)14-5-17-37-2/h6-11,18H,3-5,12-17H2,1-2H3. The molecule has 206 valence electrons. The average molecular weight is 538 g/mol. The van der Waals surface area contributed by atoms with Crippen molar-refractivity contribution in [3.05, 3.63) is 64.7 Å². The van der Waals surface area contributed by atoms with Crippen molar-refractivity contribution in [3.63, 3.8) is 0 Å². The molecule has 2 heterocycles. The van der Waals surface area contributed by atoms with Gasteiger partial charge in [-0.3, -0.25) is 24.1 Å². The Morgan fingerprint density at radius 3 is 2.08 bits per heavy atom. The lowest BCUT2D eigenvalue weighted by Gasteiger charge is -2.22. The molecule has 2 aromatic rings. The number of carbonyl (C=O) groups excluding carboxylic acids is 5. The number of ether oxygens (including phenoxy) is 3. The highest BCUT2D eigenvalue weighted by Crippen LogP contribution is 2.25. The Morgan fingerprint density at radius 2 is 1.44 bits per heavy atom. The molecule has 11 nitrogen and oxygen atoms in total. The fourth-order valence-corrected chi connectivity index (χ4v) is 4.59. The predicted molar refractivity (Wildman–Crippen MR) is 139 cm³/mol. The fraction of sp³-hybridized carbons (Fsp3) is 0.393. The van der Waals surface area contributed by atoms with Crippen LogP contribution in [0.2, 0.25) is 0 Å². The summed E-state index contributed by atoms with van der Waals surface area (Å²) in [4.78, 5) is 67.8. The molecule has 0 aromatic heterocycles. The van der Waals surface area contributed by atoms with Gasteiger partial charge in [0.15, 0.2) is 0 Å². The molecule has 0 spiro atoms. The molecule has 0 atom stereocenters. The van der Waals surface area contributed by atoms with Crippen molar-refractivity contribution in [2.75, 3.05) is 53.0 Å². The van der Waals surface area contributed by atoms with Crippen molar-refractivity contribution < 1.29 is 38.2 Å². The largest absolute Gasteiger partial charge is 0.513 e. The zero-order valence-corrected chi connectivity index (χ0v) is 22.0. The normalized spacial score (nSPS) is 15.2. The lowest BCUT2D eigenvalue weighted by atomic mass is 10.0. The van der Waals surface area contributed by atoms with E-state index < -0.39 is 12.1 Å². The van der Waals surface area contributed by atoms with Crippen LogP contribution in [0.25, 0.3) is 0 Å². The van der Waals surface area contributed by atoms with Crippen LogP contribution in [0.1, 0.15) is 61.2 Å². The van der Waals surface area contributed by atoms with Crippen LogP contribution < -0.4 is 4.74 Å². The van der Waals surface area contributed by atoms with Crippen LogP contribution in [-0.2, 0) is 9.47 Å². The van der Waals surface area contributed by atoms with E-state index in [1.54, 1.807) is 42.0 Å². The number of nitrogens with zero attached hydrogens (tertiary/aromatic N) is 3. The van der Waals surface area contributed by atoms with Gasteiger partial charge in [-0.25, -0.2) is 4.79 Å². The number of hydrogen-bond acceptors (Lipinski definition) is 8. The van der Waals surface area contributed by atoms with Crippen LogP contribution in [0, 0.1) is 0 Å². The molecule has 0 N–H and O–H groups in total. The molecule has 0 unspecified atom stereocenters. The molecule has 1 fully saturated rings. The number of rotatable bonds is 8. The number of methoxy groups -OCH3 is 1. The van der Waals surface area contributed by atoms with Gasteiger partial charge in [-0.1, -0.05) is 0 Å². The SMILES string of the molecule is CCOC(=O)Oc1ccc(C(=O)N2CCCN(C(=O)c3ccc4c(c3)C(=O)N(CCCOC)C4=O)CC2)cc1. The minimum absolute atomic E-state index is 0.192. The summed E-state index contributed by atoms with van der Waals surface area (Å²) >= 11 is 0. The highest BCUT2D eigenvalue weighted by molar-refractivity contribution is 6.22. The lowest BCUT2D eigenvalue weighted by molar-refractivity contribution is 0.0637. The van der Waals surface area contributed by atoms with Gasteiger partial charge in [0.05, 0.1) is 17.7 Å². The Bertz CT molecular complexity index is 1260. The predicted octanol–water partition coefficient (Wildman–Crippen LogP) is 2.84. The molecule has 11 heteroatoms. The number of fused-ring (bicyclic) bond motifs is 1. The first-order chi connectivity index (χ1) is 18.8. The van der Waals surface area contributed by atoms with Crippen LogP contribution in [-0.4, -0.2) is 97.5 Å². The Morgan fingerprint density at radius 1 is 0.821 bits per heavy atom. The second kappa shape index (κ2) is 12.5. The molecule has 4 rings (SSSR count). The summed E-state index contributed by atoms with van der Waals surface area (Å²) in [5, 5.41) is 0. The summed E-state index contributed by atoms with van der Waals surface area (Å²) in [6.45, 7) is 4.12. The van der Waals surface area contributed by atoms with Gasteiger partial charge >= 0.3 is 6.16 Å². The number of benzene rings is 2. The smallest absolute Gasteiger partial charge is 0.434 e. The van der Waals surface area contributed by atoms with Gasteiger partial charge in [0.1, 0.15) is 5.75 Å². The summed E-state index contributed by atoms with van der Waals surface area (Å²) in [5.74, 6) is -0.959. The Labute approximate surface area is 226 Å². The van der Waals surface area contributed by atoms with Crippen LogP contribution in [0.5, 0.6) is 5.75 Å². The van der Waals surface area contributed by atoms with Crippen molar-refractivity contribution in [3.8, 4) is 5.75 Å². The van der Waals surface area contributed by atoms with Crippen LogP contribution in [0.4, 0.5) is 4.79 Å². The molecule has 0 bridgehead atoms. The molecular weight excluding hydrogens is 506 g/mol. The van der Waals surface area contributed by atoms with Gasteiger partial charge in [0.2, 0.25) is 0 Å². The van der Waals surface area contributed by atoms with Gasteiger partial charge in [0.25, 0.3) is 23.6 Å².